The maximum absolute atomic E-state index is 6.24. The van der Waals surface area contributed by atoms with E-state index in [4.69, 9.17) is 16.6 Å². The summed E-state index contributed by atoms with van der Waals surface area (Å²) in [5, 5.41) is 13.3. The molecule has 0 saturated carbocycles. The molecule has 23 heavy (non-hydrogen) atoms. The molecule has 0 amide bonds. The number of rotatable bonds is 6. The van der Waals surface area contributed by atoms with Crippen LogP contribution in [-0.4, -0.2) is 19.7 Å². The molecule has 1 aromatic carbocycles. The van der Waals surface area contributed by atoms with Crippen LogP contribution in [0.15, 0.2) is 34.8 Å². The molecule has 120 valence electrons. The van der Waals surface area contributed by atoms with Crippen LogP contribution in [0, 0.1) is 0 Å². The minimum atomic E-state index is 0.736. The Morgan fingerprint density at radius 1 is 1.22 bits per heavy atom. The lowest BCUT2D eigenvalue weighted by Crippen LogP contribution is -2.02. The average molecular weight is 365 g/mol. The Balaban J connectivity index is 1.73. The zero-order chi connectivity index (χ0) is 16.2. The van der Waals surface area contributed by atoms with E-state index in [0.29, 0.717) is 0 Å². The van der Waals surface area contributed by atoms with E-state index in [-0.39, 0.29) is 0 Å². The van der Waals surface area contributed by atoms with Crippen molar-refractivity contribution in [3.05, 3.63) is 46.2 Å². The number of thiazole rings is 1. The van der Waals surface area contributed by atoms with E-state index in [1.165, 1.54) is 0 Å². The summed E-state index contributed by atoms with van der Waals surface area (Å²) in [5.74, 6) is 1.81. The van der Waals surface area contributed by atoms with Crippen LogP contribution in [0.2, 0.25) is 5.02 Å². The van der Waals surface area contributed by atoms with E-state index in [2.05, 4.69) is 34.0 Å². The van der Waals surface area contributed by atoms with Gasteiger partial charge in [-0.05, 0) is 13.0 Å². The molecule has 0 aliphatic carbocycles. The summed E-state index contributed by atoms with van der Waals surface area (Å²) in [6.45, 7) is 5.10. The molecule has 3 rings (SSSR count). The third-order valence-electron chi connectivity index (χ3n) is 3.43. The standard InChI is InChI=1S/C16H17ClN4S2/c1-3-14-19-20-16(21(14)4-2)23-10-11-9-22-15(18-11)12-7-5-6-8-13(12)17/h5-9H,3-4,10H2,1-2H3. The number of aromatic nitrogens is 4. The molecule has 0 bridgehead atoms. The summed E-state index contributed by atoms with van der Waals surface area (Å²) in [6, 6.07) is 7.80. The first kappa shape index (κ1) is 16.5. The van der Waals surface area contributed by atoms with Gasteiger partial charge in [0.05, 0.1) is 10.7 Å². The molecule has 0 radical (unpaired) electrons. The first-order valence-electron chi connectivity index (χ1n) is 7.47. The Labute approximate surface area is 148 Å². The minimum Gasteiger partial charge on any atom is -0.306 e. The lowest BCUT2D eigenvalue weighted by atomic mass is 10.2. The lowest BCUT2D eigenvalue weighted by Gasteiger charge is -2.04. The van der Waals surface area contributed by atoms with Crippen LogP contribution in [-0.2, 0) is 18.7 Å². The second-order valence-corrected chi connectivity index (χ2v) is 7.12. The maximum atomic E-state index is 6.24. The van der Waals surface area contributed by atoms with Gasteiger partial charge in [0.1, 0.15) is 10.8 Å². The molecule has 0 spiro atoms. The van der Waals surface area contributed by atoms with Gasteiger partial charge in [-0.1, -0.05) is 48.5 Å². The number of hydrogen-bond donors (Lipinski definition) is 0. The molecule has 0 fully saturated rings. The van der Waals surface area contributed by atoms with Crippen LogP contribution in [0.4, 0.5) is 0 Å². The Morgan fingerprint density at radius 2 is 2.04 bits per heavy atom. The summed E-state index contributed by atoms with van der Waals surface area (Å²) < 4.78 is 2.16. The number of thioether (sulfide) groups is 1. The first-order valence-corrected chi connectivity index (χ1v) is 9.71. The Kier molecular flexibility index (Phi) is 5.35. The minimum absolute atomic E-state index is 0.736. The van der Waals surface area contributed by atoms with Crippen LogP contribution in [0.25, 0.3) is 10.6 Å². The molecule has 0 N–H and O–H groups in total. The molecule has 2 heterocycles. The number of nitrogens with zero attached hydrogens (tertiary/aromatic N) is 4. The van der Waals surface area contributed by atoms with E-state index >= 15 is 0 Å². The number of aryl methyl sites for hydroxylation is 1. The third kappa shape index (κ3) is 3.59. The summed E-state index contributed by atoms with van der Waals surface area (Å²) >= 11 is 9.53. The molecule has 0 atom stereocenters. The van der Waals surface area contributed by atoms with Crippen LogP contribution >= 0.6 is 34.7 Å². The number of hydrogen-bond acceptors (Lipinski definition) is 5. The number of halogens is 1. The van der Waals surface area contributed by atoms with Crippen LogP contribution in [0.5, 0.6) is 0 Å². The predicted molar refractivity (Wildman–Crippen MR) is 97.2 cm³/mol. The average Bonchev–Trinajstić information content (AvgIpc) is 3.19. The summed E-state index contributed by atoms with van der Waals surface area (Å²) in [6.07, 6.45) is 0.898. The third-order valence-corrected chi connectivity index (χ3v) is 5.69. The fourth-order valence-corrected chi connectivity index (χ4v) is 4.43. The van der Waals surface area contributed by atoms with Crippen molar-refractivity contribution in [3.8, 4) is 10.6 Å². The highest BCUT2D eigenvalue weighted by molar-refractivity contribution is 7.98. The maximum Gasteiger partial charge on any atom is 0.191 e. The first-order chi connectivity index (χ1) is 11.2. The molecule has 0 aliphatic heterocycles. The largest absolute Gasteiger partial charge is 0.306 e. The molecule has 2 aromatic heterocycles. The topological polar surface area (TPSA) is 43.6 Å². The lowest BCUT2D eigenvalue weighted by molar-refractivity contribution is 0.647. The van der Waals surface area contributed by atoms with Gasteiger partial charge in [0, 0.05) is 29.7 Å². The predicted octanol–water partition coefficient (Wildman–Crippen LogP) is 4.93. The fraction of sp³-hybridized carbons (Fsp3) is 0.312. The van der Waals surface area contributed by atoms with Gasteiger partial charge in [-0.25, -0.2) is 4.98 Å². The van der Waals surface area contributed by atoms with E-state index in [1.807, 2.05) is 24.3 Å². The smallest absolute Gasteiger partial charge is 0.191 e. The molecule has 3 aromatic rings. The molecule has 7 heteroatoms. The summed E-state index contributed by atoms with van der Waals surface area (Å²) in [5.41, 5.74) is 2.03. The molecule has 0 unspecified atom stereocenters. The van der Waals surface area contributed by atoms with Gasteiger partial charge >= 0.3 is 0 Å². The fourth-order valence-electron chi connectivity index (χ4n) is 2.28. The van der Waals surface area contributed by atoms with Gasteiger partial charge in [-0.2, -0.15) is 0 Å². The van der Waals surface area contributed by atoms with Crippen molar-refractivity contribution in [2.75, 3.05) is 0 Å². The van der Waals surface area contributed by atoms with E-state index in [0.717, 1.165) is 51.0 Å². The van der Waals surface area contributed by atoms with Gasteiger partial charge in [-0.15, -0.1) is 21.5 Å². The van der Waals surface area contributed by atoms with Crippen molar-refractivity contribution < 1.29 is 0 Å². The van der Waals surface area contributed by atoms with Gasteiger partial charge in [0.25, 0.3) is 0 Å². The Bertz CT molecular complexity index is 797. The summed E-state index contributed by atoms with van der Waals surface area (Å²) in [7, 11) is 0. The van der Waals surface area contributed by atoms with Gasteiger partial charge < -0.3 is 4.57 Å². The van der Waals surface area contributed by atoms with Crippen molar-refractivity contribution in [2.24, 2.45) is 0 Å². The Morgan fingerprint density at radius 3 is 2.78 bits per heavy atom. The molecular weight excluding hydrogens is 348 g/mol. The second-order valence-electron chi connectivity index (χ2n) is 4.91. The Hall–Kier alpha value is -1.37. The quantitative estimate of drug-likeness (QED) is 0.581. The monoisotopic (exact) mass is 364 g/mol. The van der Waals surface area contributed by atoms with Crippen LogP contribution in [0.1, 0.15) is 25.4 Å². The highest BCUT2D eigenvalue weighted by Gasteiger charge is 2.12. The van der Waals surface area contributed by atoms with Crippen molar-refractivity contribution in [3.63, 3.8) is 0 Å². The van der Waals surface area contributed by atoms with Gasteiger partial charge in [-0.3, -0.25) is 0 Å². The van der Waals surface area contributed by atoms with Gasteiger partial charge in [0.15, 0.2) is 5.16 Å². The molecule has 0 aliphatic rings. The normalized spacial score (nSPS) is 11.1. The summed E-state index contributed by atoms with van der Waals surface area (Å²) in [4.78, 5) is 4.69. The molecule has 4 nitrogen and oxygen atoms in total. The highest BCUT2D eigenvalue weighted by Crippen LogP contribution is 2.31. The van der Waals surface area contributed by atoms with Crippen molar-refractivity contribution in [1.82, 2.24) is 19.7 Å². The van der Waals surface area contributed by atoms with Gasteiger partial charge in [0.2, 0.25) is 0 Å². The van der Waals surface area contributed by atoms with Crippen LogP contribution in [0.3, 0.4) is 0 Å². The second kappa shape index (κ2) is 7.47. The van der Waals surface area contributed by atoms with Crippen LogP contribution < -0.4 is 0 Å². The van der Waals surface area contributed by atoms with E-state index in [1.54, 1.807) is 23.1 Å². The van der Waals surface area contributed by atoms with Crippen molar-refractivity contribution >= 4 is 34.7 Å². The number of benzene rings is 1. The zero-order valence-electron chi connectivity index (χ0n) is 13.0. The van der Waals surface area contributed by atoms with E-state index < -0.39 is 0 Å². The molecular formula is C16H17ClN4S2. The SMILES string of the molecule is CCc1nnc(SCc2csc(-c3ccccc3Cl)n2)n1CC. The molecule has 0 saturated heterocycles. The zero-order valence-corrected chi connectivity index (χ0v) is 15.4. The van der Waals surface area contributed by atoms with Crippen molar-refractivity contribution in [2.45, 2.75) is 37.7 Å². The van der Waals surface area contributed by atoms with Crippen molar-refractivity contribution in [1.29, 1.82) is 0 Å². The highest BCUT2D eigenvalue weighted by atomic mass is 35.5. The van der Waals surface area contributed by atoms with E-state index in [9.17, 15) is 0 Å².